The van der Waals surface area contributed by atoms with E-state index in [4.69, 9.17) is 0 Å². The van der Waals surface area contributed by atoms with Crippen LogP contribution in [0.4, 0.5) is 0 Å². The van der Waals surface area contributed by atoms with Crippen molar-refractivity contribution in [3.63, 3.8) is 0 Å². The van der Waals surface area contributed by atoms with Gasteiger partial charge in [0.15, 0.2) is 0 Å². The van der Waals surface area contributed by atoms with Crippen LogP contribution in [-0.4, -0.2) is 34.7 Å². The predicted molar refractivity (Wildman–Crippen MR) is 76.7 cm³/mol. The summed E-state index contributed by atoms with van der Waals surface area (Å²) in [6, 6.07) is 7.98. The fourth-order valence-corrected chi connectivity index (χ4v) is 2.01. The van der Waals surface area contributed by atoms with Crippen molar-refractivity contribution in [3.8, 4) is 0 Å². The molecule has 3 nitrogen and oxygen atoms in total. The van der Waals surface area contributed by atoms with Crippen LogP contribution in [0.5, 0.6) is 0 Å². The lowest BCUT2D eigenvalue weighted by Crippen LogP contribution is -2.35. The molecule has 1 rings (SSSR count). The SMILES string of the molecule is CC(C)CN(Cc1cccc(B(O)O)c1)C(C)C. The molecule has 0 aliphatic rings. The molecule has 1 aromatic rings. The van der Waals surface area contributed by atoms with Gasteiger partial charge in [0.25, 0.3) is 0 Å². The first kappa shape index (κ1) is 15.2. The Hall–Kier alpha value is -0.835. The quantitative estimate of drug-likeness (QED) is 0.745. The highest BCUT2D eigenvalue weighted by Gasteiger charge is 2.14. The third-order valence-corrected chi connectivity index (χ3v) is 2.96. The fourth-order valence-electron chi connectivity index (χ4n) is 2.01. The van der Waals surface area contributed by atoms with E-state index in [0.717, 1.165) is 18.7 Å². The molecule has 0 saturated heterocycles. The van der Waals surface area contributed by atoms with Gasteiger partial charge in [-0.2, -0.15) is 0 Å². The van der Waals surface area contributed by atoms with Crippen LogP contribution in [0.3, 0.4) is 0 Å². The number of hydrogen-bond acceptors (Lipinski definition) is 3. The zero-order valence-corrected chi connectivity index (χ0v) is 11.8. The summed E-state index contributed by atoms with van der Waals surface area (Å²) in [5, 5.41) is 18.4. The van der Waals surface area contributed by atoms with Gasteiger partial charge in [0.2, 0.25) is 0 Å². The smallest absolute Gasteiger partial charge is 0.423 e. The van der Waals surface area contributed by atoms with Crippen LogP contribution in [0, 0.1) is 5.92 Å². The molecule has 0 saturated carbocycles. The van der Waals surface area contributed by atoms with E-state index in [2.05, 4.69) is 32.6 Å². The second-order valence-electron chi connectivity index (χ2n) is 5.54. The maximum Gasteiger partial charge on any atom is 0.488 e. The number of nitrogens with zero attached hydrogens (tertiary/aromatic N) is 1. The molecule has 0 aliphatic heterocycles. The van der Waals surface area contributed by atoms with Crippen molar-refractivity contribution in [2.24, 2.45) is 5.92 Å². The molecular weight excluding hydrogens is 225 g/mol. The molecular formula is C14H24BNO2. The van der Waals surface area contributed by atoms with Crippen LogP contribution in [0.15, 0.2) is 24.3 Å². The molecule has 4 heteroatoms. The minimum absolute atomic E-state index is 0.482. The third kappa shape index (κ3) is 4.80. The van der Waals surface area contributed by atoms with Gasteiger partial charge in [-0.15, -0.1) is 0 Å². The van der Waals surface area contributed by atoms with Gasteiger partial charge in [-0.3, -0.25) is 4.90 Å². The largest absolute Gasteiger partial charge is 0.488 e. The van der Waals surface area contributed by atoms with Crippen molar-refractivity contribution in [1.82, 2.24) is 4.90 Å². The first-order chi connectivity index (χ1) is 8.40. The van der Waals surface area contributed by atoms with Gasteiger partial charge in [-0.25, -0.2) is 0 Å². The van der Waals surface area contributed by atoms with E-state index in [1.807, 2.05) is 18.2 Å². The van der Waals surface area contributed by atoms with Gasteiger partial charge < -0.3 is 10.0 Å². The topological polar surface area (TPSA) is 43.7 Å². The van der Waals surface area contributed by atoms with Gasteiger partial charge >= 0.3 is 7.12 Å². The van der Waals surface area contributed by atoms with Crippen molar-refractivity contribution in [2.75, 3.05) is 6.54 Å². The first-order valence-corrected chi connectivity index (χ1v) is 6.59. The minimum Gasteiger partial charge on any atom is -0.423 e. The van der Waals surface area contributed by atoms with Gasteiger partial charge in [-0.05, 0) is 30.8 Å². The van der Waals surface area contributed by atoms with Crippen LogP contribution in [-0.2, 0) is 6.54 Å². The molecule has 0 radical (unpaired) electrons. The van der Waals surface area contributed by atoms with E-state index >= 15 is 0 Å². The highest BCUT2D eigenvalue weighted by atomic mass is 16.4. The monoisotopic (exact) mass is 249 g/mol. The zero-order chi connectivity index (χ0) is 13.7. The van der Waals surface area contributed by atoms with E-state index in [1.165, 1.54) is 0 Å². The molecule has 0 fully saturated rings. The summed E-state index contributed by atoms with van der Waals surface area (Å²) >= 11 is 0. The van der Waals surface area contributed by atoms with Crippen LogP contribution >= 0.6 is 0 Å². The van der Waals surface area contributed by atoms with E-state index in [0.29, 0.717) is 17.4 Å². The highest BCUT2D eigenvalue weighted by Crippen LogP contribution is 2.10. The Morgan fingerprint density at radius 2 is 1.83 bits per heavy atom. The van der Waals surface area contributed by atoms with E-state index in [9.17, 15) is 10.0 Å². The molecule has 2 N–H and O–H groups in total. The average Bonchev–Trinajstić information content (AvgIpc) is 2.27. The van der Waals surface area contributed by atoms with E-state index in [1.54, 1.807) is 6.07 Å². The molecule has 0 spiro atoms. The van der Waals surface area contributed by atoms with Gasteiger partial charge in [0, 0.05) is 19.1 Å². The molecule has 0 amide bonds. The maximum absolute atomic E-state index is 9.18. The Balaban J connectivity index is 2.77. The van der Waals surface area contributed by atoms with Crippen molar-refractivity contribution in [3.05, 3.63) is 29.8 Å². The summed E-state index contributed by atoms with van der Waals surface area (Å²) in [4.78, 5) is 2.40. The lowest BCUT2D eigenvalue weighted by Gasteiger charge is -2.28. The second kappa shape index (κ2) is 6.93. The van der Waals surface area contributed by atoms with E-state index < -0.39 is 7.12 Å². The lowest BCUT2D eigenvalue weighted by atomic mass is 9.79. The normalized spacial score (nSPS) is 11.6. The van der Waals surface area contributed by atoms with Crippen molar-refractivity contribution < 1.29 is 10.0 Å². The van der Waals surface area contributed by atoms with Gasteiger partial charge in [-0.1, -0.05) is 38.1 Å². The Labute approximate surface area is 111 Å². The van der Waals surface area contributed by atoms with Crippen molar-refractivity contribution >= 4 is 12.6 Å². The molecule has 0 heterocycles. The summed E-state index contributed by atoms with van der Waals surface area (Å²) in [5.74, 6) is 0.624. The summed E-state index contributed by atoms with van der Waals surface area (Å²) in [6.45, 7) is 10.7. The highest BCUT2D eigenvalue weighted by molar-refractivity contribution is 6.58. The van der Waals surface area contributed by atoms with E-state index in [-0.39, 0.29) is 0 Å². The Morgan fingerprint density at radius 3 is 2.33 bits per heavy atom. The molecule has 0 atom stereocenters. The molecule has 100 valence electrons. The van der Waals surface area contributed by atoms with Gasteiger partial charge in [0.05, 0.1) is 0 Å². The standard InChI is InChI=1S/C14H24BNO2/c1-11(2)9-16(12(3)4)10-13-6-5-7-14(8-13)15(17)18/h5-8,11-12,17-18H,9-10H2,1-4H3. The molecule has 0 aliphatic carbocycles. The van der Waals surface area contributed by atoms with Crippen LogP contribution in [0.25, 0.3) is 0 Å². The third-order valence-electron chi connectivity index (χ3n) is 2.96. The fraction of sp³-hybridized carbons (Fsp3) is 0.571. The van der Waals surface area contributed by atoms with Crippen LogP contribution in [0.2, 0.25) is 0 Å². The number of benzene rings is 1. The van der Waals surface area contributed by atoms with Crippen molar-refractivity contribution in [2.45, 2.75) is 40.3 Å². The van der Waals surface area contributed by atoms with Gasteiger partial charge in [0.1, 0.15) is 0 Å². The molecule has 18 heavy (non-hydrogen) atoms. The first-order valence-electron chi connectivity index (χ1n) is 6.59. The Kier molecular flexibility index (Phi) is 5.86. The predicted octanol–water partition coefficient (Wildman–Crippen LogP) is 1.23. The summed E-state index contributed by atoms with van der Waals surface area (Å²) in [6.07, 6.45) is 0. The summed E-state index contributed by atoms with van der Waals surface area (Å²) in [5.41, 5.74) is 1.68. The number of hydrogen-bond donors (Lipinski definition) is 2. The van der Waals surface area contributed by atoms with Crippen LogP contribution in [0.1, 0.15) is 33.3 Å². The van der Waals surface area contributed by atoms with Crippen LogP contribution < -0.4 is 5.46 Å². The average molecular weight is 249 g/mol. The molecule has 0 aromatic heterocycles. The second-order valence-corrected chi connectivity index (χ2v) is 5.54. The molecule has 0 unspecified atom stereocenters. The lowest BCUT2D eigenvalue weighted by molar-refractivity contribution is 0.189. The molecule has 1 aromatic carbocycles. The Morgan fingerprint density at radius 1 is 1.17 bits per heavy atom. The maximum atomic E-state index is 9.18. The molecule has 0 bridgehead atoms. The Bertz CT molecular complexity index is 367. The zero-order valence-electron chi connectivity index (χ0n) is 11.8. The summed E-state index contributed by atoms with van der Waals surface area (Å²) < 4.78 is 0. The number of rotatable bonds is 6. The summed E-state index contributed by atoms with van der Waals surface area (Å²) in [7, 11) is -1.39. The minimum atomic E-state index is -1.39. The van der Waals surface area contributed by atoms with Crippen molar-refractivity contribution in [1.29, 1.82) is 0 Å².